The Morgan fingerprint density at radius 1 is 1.17 bits per heavy atom. The number of nitrogens with zero attached hydrogens (tertiary/aromatic N) is 1. The van der Waals surface area contributed by atoms with Gasteiger partial charge in [-0.25, -0.2) is 0 Å². The van der Waals surface area contributed by atoms with Gasteiger partial charge >= 0.3 is 0 Å². The molecule has 1 aliphatic carbocycles. The largest absolute Gasteiger partial charge is 0.484 e. The summed E-state index contributed by atoms with van der Waals surface area (Å²) in [5.74, 6) is 0.346. The van der Waals surface area contributed by atoms with E-state index in [0.717, 1.165) is 18.4 Å². The van der Waals surface area contributed by atoms with Crippen LogP contribution in [0.15, 0.2) is 48.5 Å². The van der Waals surface area contributed by atoms with Crippen molar-refractivity contribution >= 4 is 23.2 Å². The lowest BCUT2D eigenvalue weighted by Crippen LogP contribution is -2.20. The molecule has 5 heteroatoms. The second kappa shape index (κ2) is 6.31. The number of ether oxygens (including phenoxy) is 1. The van der Waals surface area contributed by atoms with Crippen LogP contribution in [0.1, 0.15) is 18.4 Å². The lowest BCUT2D eigenvalue weighted by Gasteiger charge is -2.10. The third kappa shape index (κ3) is 3.64. The summed E-state index contributed by atoms with van der Waals surface area (Å²) in [4.78, 5) is 11.9. The maximum Gasteiger partial charge on any atom is 0.262 e. The molecule has 0 atom stereocenters. The highest BCUT2D eigenvalue weighted by atomic mass is 35.5. The van der Waals surface area contributed by atoms with Crippen molar-refractivity contribution in [1.29, 1.82) is 5.26 Å². The van der Waals surface area contributed by atoms with E-state index in [2.05, 4.69) is 11.4 Å². The Morgan fingerprint density at radius 3 is 2.39 bits per heavy atom. The molecule has 2 aromatic rings. The number of hydrogen-bond donors (Lipinski definition) is 1. The summed E-state index contributed by atoms with van der Waals surface area (Å²) >= 11 is 5.79. The number of hydrogen-bond acceptors (Lipinski definition) is 3. The van der Waals surface area contributed by atoms with E-state index in [1.165, 1.54) is 0 Å². The Hall–Kier alpha value is -2.51. The average molecular weight is 327 g/mol. The minimum absolute atomic E-state index is 0.0779. The van der Waals surface area contributed by atoms with Gasteiger partial charge in [0, 0.05) is 10.7 Å². The van der Waals surface area contributed by atoms with Gasteiger partial charge in [0.1, 0.15) is 5.75 Å². The van der Waals surface area contributed by atoms with E-state index >= 15 is 0 Å². The first-order chi connectivity index (χ1) is 11.1. The number of halogens is 1. The first-order valence-corrected chi connectivity index (χ1v) is 7.69. The van der Waals surface area contributed by atoms with Crippen molar-refractivity contribution in [3.63, 3.8) is 0 Å². The number of benzene rings is 2. The Kier molecular flexibility index (Phi) is 4.22. The summed E-state index contributed by atoms with van der Waals surface area (Å²) < 4.78 is 5.39. The fourth-order valence-electron chi connectivity index (χ4n) is 2.34. The molecular formula is C18H15ClN2O2. The molecule has 4 nitrogen and oxygen atoms in total. The third-order valence-electron chi connectivity index (χ3n) is 3.87. The molecule has 1 fully saturated rings. The normalized spacial score (nSPS) is 14.6. The van der Waals surface area contributed by atoms with Crippen molar-refractivity contribution in [2.45, 2.75) is 18.3 Å². The molecule has 1 saturated carbocycles. The second-order valence-corrected chi connectivity index (χ2v) is 6.00. The van der Waals surface area contributed by atoms with Crippen LogP contribution in [0, 0.1) is 11.3 Å². The van der Waals surface area contributed by atoms with Crippen LogP contribution in [0.25, 0.3) is 0 Å². The van der Waals surface area contributed by atoms with Crippen LogP contribution >= 0.6 is 11.6 Å². The quantitative estimate of drug-likeness (QED) is 0.906. The molecule has 116 valence electrons. The fourth-order valence-corrected chi connectivity index (χ4v) is 2.47. The molecule has 3 rings (SSSR count). The lowest BCUT2D eigenvalue weighted by molar-refractivity contribution is -0.118. The van der Waals surface area contributed by atoms with E-state index in [1.807, 2.05) is 24.3 Å². The fraction of sp³-hybridized carbons (Fsp3) is 0.222. The van der Waals surface area contributed by atoms with Crippen LogP contribution < -0.4 is 10.1 Å². The van der Waals surface area contributed by atoms with Gasteiger partial charge in [-0.2, -0.15) is 5.26 Å². The number of rotatable bonds is 5. The molecule has 1 N–H and O–H groups in total. The molecule has 0 spiro atoms. The first-order valence-electron chi connectivity index (χ1n) is 7.31. The minimum Gasteiger partial charge on any atom is -0.484 e. The Morgan fingerprint density at radius 2 is 1.83 bits per heavy atom. The van der Waals surface area contributed by atoms with Crippen LogP contribution in [0.2, 0.25) is 5.02 Å². The zero-order chi connectivity index (χ0) is 16.3. The molecule has 0 bridgehead atoms. The van der Waals surface area contributed by atoms with E-state index in [9.17, 15) is 10.1 Å². The zero-order valence-electron chi connectivity index (χ0n) is 12.4. The molecule has 2 aromatic carbocycles. The molecule has 0 heterocycles. The maximum atomic E-state index is 11.9. The van der Waals surface area contributed by atoms with Crippen LogP contribution in [-0.4, -0.2) is 12.5 Å². The molecule has 1 amide bonds. The molecule has 0 radical (unpaired) electrons. The summed E-state index contributed by atoms with van der Waals surface area (Å²) in [6, 6.07) is 16.6. The van der Waals surface area contributed by atoms with Gasteiger partial charge in [-0.1, -0.05) is 23.7 Å². The topological polar surface area (TPSA) is 62.1 Å². The number of carbonyl (C=O) groups is 1. The average Bonchev–Trinajstić information content (AvgIpc) is 3.36. The summed E-state index contributed by atoms with van der Waals surface area (Å²) in [7, 11) is 0. The van der Waals surface area contributed by atoms with Gasteiger partial charge in [0.2, 0.25) is 0 Å². The van der Waals surface area contributed by atoms with Gasteiger partial charge in [-0.05, 0) is 54.8 Å². The van der Waals surface area contributed by atoms with E-state index < -0.39 is 0 Å². The molecule has 0 unspecified atom stereocenters. The first kappa shape index (κ1) is 15.4. The Bertz CT molecular complexity index is 744. The highest BCUT2D eigenvalue weighted by Crippen LogP contribution is 2.47. The van der Waals surface area contributed by atoms with Gasteiger partial charge in [0.15, 0.2) is 6.61 Å². The Labute approximate surface area is 139 Å². The van der Waals surface area contributed by atoms with E-state index in [1.54, 1.807) is 24.3 Å². The number of anilines is 1. The zero-order valence-corrected chi connectivity index (χ0v) is 13.1. The van der Waals surface area contributed by atoms with Crippen molar-refractivity contribution in [2.24, 2.45) is 0 Å². The second-order valence-electron chi connectivity index (χ2n) is 5.56. The van der Waals surface area contributed by atoms with Crippen LogP contribution in [0.3, 0.4) is 0 Å². The SMILES string of the molecule is N#CC1(c2ccc(NC(=O)COc3ccc(Cl)cc3)cc2)CC1. The monoisotopic (exact) mass is 326 g/mol. The van der Waals surface area contributed by atoms with Crippen molar-refractivity contribution in [3.05, 3.63) is 59.1 Å². The Balaban J connectivity index is 1.54. The summed E-state index contributed by atoms with van der Waals surface area (Å²) in [5, 5.41) is 12.6. The predicted octanol–water partition coefficient (Wildman–Crippen LogP) is 3.91. The van der Waals surface area contributed by atoms with Gasteiger partial charge in [-0.3, -0.25) is 4.79 Å². The van der Waals surface area contributed by atoms with Crippen molar-refractivity contribution in [1.82, 2.24) is 0 Å². The van der Waals surface area contributed by atoms with Gasteiger partial charge < -0.3 is 10.1 Å². The number of nitrogens with one attached hydrogen (secondary N) is 1. The van der Waals surface area contributed by atoms with Crippen molar-refractivity contribution < 1.29 is 9.53 Å². The van der Waals surface area contributed by atoms with Gasteiger partial charge in [0.25, 0.3) is 5.91 Å². The summed E-state index contributed by atoms with van der Waals surface area (Å²) in [6.07, 6.45) is 1.81. The number of nitriles is 1. The molecule has 0 saturated heterocycles. The standard InChI is InChI=1S/C18H15ClN2O2/c19-14-3-7-16(8-4-14)23-11-17(22)21-15-5-1-13(2-6-15)18(12-20)9-10-18/h1-8H,9-11H2,(H,21,22). The lowest BCUT2D eigenvalue weighted by atomic mass is 9.98. The molecule has 0 aliphatic heterocycles. The van der Waals surface area contributed by atoms with Crippen LogP contribution in [0.5, 0.6) is 5.75 Å². The number of carbonyl (C=O) groups excluding carboxylic acids is 1. The summed E-state index contributed by atoms with van der Waals surface area (Å²) in [5.41, 5.74) is 1.39. The van der Waals surface area contributed by atoms with Gasteiger partial charge in [0.05, 0.1) is 11.5 Å². The van der Waals surface area contributed by atoms with Gasteiger partial charge in [-0.15, -0.1) is 0 Å². The van der Waals surface area contributed by atoms with Crippen molar-refractivity contribution in [2.75, 3.05) is 11.9 Å². The van der Waals surface area contributed by atoms with Crippen LogP contribution in [0.4, 0.5) is 5.69 Å². The van der Waals surface area contributed by atoms with E-state index in [4.69, 9.17) is 16.3 Å². The molecule has 23 heavy (non-hydrogen) atoms. The predicted molar refractivity (Wildman–Crippen MR) is 88.5 cm³/mol. The highest BCUT2D eigenvalue weighted by Gasteiger charge is 2.44. The minimum atomic E-state index is -0.305. The smallest absolute Gasteiger partial charge is 0.262 e. The van der Waals surface area contributed by atoms with Crippen LogP contribution in [-0.2, 0) is 10.2 Å². The third-order valence-corrected chi connectivity index (χ3v) is 4.12. The van der Waals surface area contributed by atoms with E-state index in [-0.39, 0.29) is 17.9 Å². The van der Waals surface area contributed by atoms with E-state index in [0.29, 0.717) is 16.5 Å². The maximum absolute atomic E-state index is 11.9. The highest BCUT2D eigenvalue weighted by molar-refractivity contribution is 6.30. The molecular weight excluding hydrogens is 312 g/mol. The molecule has 0 aromatic heterocycles. The number of amides is 1. The van der Waals surface area contributed by atoms with Crippen molar-refractivity contribution in [3.8, 4) is 11.8 Å². The summed E-state index contributed by atoms with van der Waals surface area (Å²) in [6.45, 7) is -0.0779. The molecule has 1 aliphatic rings.